The first-order valence-corrected chi connectivity index (χ1v) is 7.96. The van der Waals surface area contributed by atoms with E-state index < -0.39 is 0 Å². The summed E-state index contributed by atoms with van der Waals surface area (Å²) in [6.07, 6.45) is 4.35. The summed E-state index contributed by atoms with van der Waals surface area (Å²) in [7, 11) is 0. The van der Waals surface area contributed by atoms with Crippen LogP contribution in [0.5, 0.6) is 0 Å². The lowest BCUT2D eigenvalue weighted by Crippen LogP contribution is -2.16. The zero-order chi connectivity index (χ0) is 14.7. The molecule has 1 saturated carbocycles. The van der Waals surface area contributed by atoms with Crippen molar-refractivity contribution < 1.29 is 0 Å². The second kappa shape index (κ2) is 5.84. The Morgan fingerprint density at radius 1 is 1.10 bits per heavy atom. The minimum Gasteiger partial charge on any atom is -0.370 e. The molecule has 0 spiro atoms. The molecule has 1 aromatic carbocycles. The lowest BCUT2D eigenvalue weighted by molar-refractivity contribution is 0.740. The molecule has 1 heterocycles. The van der Waals surface area contributed by atoms with E-state index >= 15 is 0 Å². The van der Waals surface area contributed by atoms with E-state index in [1.807, 2.05) is 0 Å². The average Bonchev–Trinajstić information content (AvgIpc) is 3.35. The Hall–Kier alpha value is -1.90. The standard InChI is InChI=1S/C18H23N3/c1-3-12-19-16-13-15(4-2)20-17(21-16)18(10-11-18)14-8-6-5-7-9-14/h5-9,13H,3-4,10-12H2,1-2H3,(H,19,20,21). The van der Waals surface area contributed by atoms with Crippen LogP contribution in [-0.2, 0) is 11.8 Å². The number of nitrogens with one attached hydrogen (secondary N) is 1. The monoisotopic (exact) mass is 281 g/mol. The van der Waals surface area contributed by atoms with Gasteiger partial charge in [-0.05, 0) is 31.2 Å². The predicted octanol–water partition coefficient (Wildman–Crippen LogP) is 3.94. The van der Waals surface area contributed by atoms with Gasteiger partial charge in [0.25, 0.3) is 0 Å². The Kier molecular flexibility index (Phi) is 3.91. The van der Waals surface area contributed by atoms with Crippen LogP contribution in [0.4, 0.5) is 5.82 Å². The van der Waals surface area contributed by atoms with Crippen molar-refractivity contribution in [3.05, 3.63) is 53.5 Å². The van der Waals surface area contributed by atoms with Crippen molar-refractivity contribution >= 4 is 5.82 Å². The molecule has 1 N–H and O–H groups in total. The van der Waals surface area contributed by atoms with E-state index in [0.29, 0.717) is 0 Å². The maximum atomic E-state index is 4.82. The highest BCUT2D eigenvalue weighted by atomic mass is 15.0. The van der Waals surface area contributed by atoms with Crippen LogP contribution in [-0.4, -0.2) is 16.5 Å². The molecule has 0 bridgehead atoms. The molecule has 1 aliphatic carbocycles. The van der Waals surface area contributed by atoms with Crippen LogP contribution in [0.2, 0.25) is 0 Å². The number of benzene rings is 1. The first kappa shape index (κ1) is 14.1. The van der Waals surface area contributed by atoms with Crippen LogP contribution in [0.25, 0.3) is 0 Å². The summed E-state index contributed by atoms with van der Waals surface area (Å²) in [5, 5.41) is 3.41. The zero-order valence-corrected chi connectivity index (χ0v) is 12.9. The number of nitrogens with zero attached hydrogens (tertiary/aromatic N) is 2. The fourth-order valence-corrected chi connectivity index (χ4v) is 2.76. The van der Waals surface area contributed by atoms with Crippen molar-refractivity contribution in [2.45, 2.75) is 44.9 Å². The van der Waals surface area contributed by atoms with Crippen molar-refractivity contribution in [3.8, 4) is 0 Å². The van der Waals surface area contributed by atoms with Gasteiger partial charge in [0, 0.05) is 18.3 Å². The van der Waals surface area contributed by atoms with Gasteiger partial charge < -0.3 is 5.32 Å². The van der Waals surface area contributed by atoms with E-state index in [4.69, 9.17) is 9.97 Å². The molecule has 1 aromatic heterocycles. The molecule has 0 amide bonds. The minimum atomic E-state index is 0.0507. The summed E-state index contributed by atoms with van der Waals surface area (Å²) >= 11 is 0. The molecule has 1 aliphatic rings. The van der Waals surface area contributed by atoms with E-state index in [1.165, 1.54) is 5.56 Å². The van der Waals surface area contributed by atoms with Crippen molar-refractivity contribution in [3.63, 3.8) is 0 Å². The molecule has 110 valence electrons. The summed E-state index contributed by atoms with van der Waals surface area (Å²) in [6.45, 7) is 5.28. The highest BCUT2D eigenvalue weighted by molar-refractivity contribution is 5.44. The van der Waals surface area contributed by atoms with Crippen molar-refractivity contribution in [2.24, 2.45) is 0 Å². The lowest BCUT2D eigenvalue weighted by Gasteiger charge is -2.17. The molecule has 0 atom stereocenters. The Labute approximate surface area is 126 Å². The van der Waals surface area contributed by atoms with Crippen LogP contribution in [0.15, 0.2) is 36.4 Å². The Bertz CT molecular complexity index is 603. The molecule has 2 aromatic rings. The summed E-state index contributed by atoms with van der Waals surface area (Å²) in [5.41, 5.74) is 2.52. The molecule has 0 saturated heterocycles. The highest BCUT2D eigenvalue weighted by Crippen LogP contribution is 2.52. The van der Waals surface area contributed by atoms with Crippen molar-refractivity contribution in [1.82, 2.24) is 9.97 Å². The van der Waals surface area contributed by atoms with Crippen LogP contribution >= 0.6 is 0 Å². The Morgan fingerprint density at radius 3 is 2.48 bits per heavy atom. The van der Waals surface area contributed by atoms with Gasteiger partial charge in [0.1, 0.15) is 11.6 Å². The number of aromatic nitrogens is 2. The Balaban J connectivity index is 1.98. The third kappa shape index (κ3) is 2.78. The van der Waals surface area contributed by atoms with Gasteiger partial charge in [0.05, 0.1) is 5.41 Å². The van der Waals surface area contributed by atoms with Gasteiger partial charge in [-0.2, -0.15) is 0 Å². The fourth-order valence-electron chi connectivity index (χ4n) is 2.76. The molecule has 0 unspecified atom stereocenters. The Morgan fingerprint density at radius 2 is 1.86 bits per heavy atom. The minimum absolute atomic E-state index is 0.0507. The normalized spacial score (nSPS) is 15.7. The van der Waals surface area contributed by atoms with E-state index in [0.717, 1.165) is 49.6 Å². The number of hydrogen-bond acceptors (Lipinski definition) is 3. The maximum Gasteiger partial charge on any atom is 0.141 e. The van der Waals surface area contributed by atoms with Crippen LogP contribution < -0.4 is 5.32 Å². The molecule has 1 fully saturated rings. The first-order chi connectivity index (χ1) is 10.3. The quantitative estimate of drug-likeness (QED) is 0.871. The third-order valence-electron chi connectivity index (χ3n) is 4.20. The van der Waals surface area contributed by atoms with Gasteiger partial charge in [-0.3, -0.25) is 0 Å². The van der Waals surface area contributed by atoms with Gasteiger partial charge in [0.15, 0.2) is 0 Å². The molecular formula is C18H23N3. The van der Waals surface area contributed by atoms with Crippen LogP contribution in [0, 0.1) is 0 Å². The van der Waals surface area contributed by atoms with E-state index in [-0.39, 0.29) is 5.41 Å². The molecular weight excluding hydrogens is 258 g/mol. The van der Waals surface area contributed by atoms with Crippen LogP contribution in [0.3, 0.4) is 0 Å². The van der Waals surface area contributed by atoms with Crippen molar-refractivity contribution in [2.75, 3.05) is 11.9 Å². The average molecular weight is 281 g/mol. The molecule has 21 heavy (non-hydrogen) atoms. The van der Waals surface area contributed by atoms with Gasteiger partial charge in [-0.25, -0.2) is 9.97 Å². The van der Waals surface area contributed by atoms with Gasteiger partial charge in [0.2, 0.25) is 0 Å². The smallest absolute Gasteiger partial charge is 0.141 e. The van der Waals surface area contributed by atoms with E-state index in [1.54, 1.807) is 0 Å². The topological polar surface area (TPSA) is 37.8 Å². The van der Waals surface area contributed by atoms with E-state index in [9.17, 15) is 0 Å². The van der Waals surface area contributed by atoms with Crippen LogP contribution in [0.1, 0.15) is 50.2 Å². The van der Waals surface area contributed by atoms with Crippen molar-refractivity contribution in [1.29, 1.82) is 0 Å². The SMILES string of the molecule is CCCNc1cc(CC)nc(C2(c3ccccc3)CC2)n1. The summed E-state index contributed by atoms with van der Waals surface area (Å²) in [6, 6.07) is 12.8. The number of aryl methyl sites for hydroxylation is 1. The molecule has 0 aliphatic heterocycles. The summed E-state index contributed by atoms with van der Waals surface area (Å²) in [4.78, 5) is 9.63. The largest absolute Gasteiger partial charge is 0.370 e. The lowest BCUT2D eigenvalue weighted by atomic mass is 9.95. The summed E-state index contributed by atoms with van der Waals surface area (Å²) in [5.74, 6) is 1.97. The second-order valence-corrected chi connectivity index (χ2v) is 5.80. The highest BCUT2D eigenvalue weighted by Gasteiger charge is 2.48. The third-order valence-corrected chi connectivity index (χ3v) is 4.20. The molecule has 3 heteroatoms. The molecule has 3 nitrogen and oxygen atoms in total. The first-order valence-electron chi connectivity index (χ1n) is 7.96. The number of rotatable bonds is 6. The number of hydrogen-bond donors (Lipinski definition) is 1. The predicted molar refractivity (Wildman–Crippen MR) is 86.6 cm³/mol. The van der Waals surface area contributed by atoms with Gasteiger partial charge in [-0.1, -0.05) is 44.2 Å². The molecule has 0 radical (unpaired) electrons. The molecule has 3 rings (SSSR count). The van der Waals surface area contributed by atoms with Gasteiger partial charge in [-0.15, -0.1) is 0 Å². The maximum absolute atomic E-state index is 4.82. The fraction of sp³-hybridized carbons (Fsp3) is 0.444. The van der Waals surface area contributed by atoms with E-state index in [2.05, 4.69) is 55.6 Å². The summed E-state index contributed by atoms with van der Waals surface area (Å²) < 4.78 is 0. The van der Waals surface area contributed by atoms with Gasteiger partial charge >= 0.3 is 0 Å². The number of anilines is 1. The second-order valence-electron chi connectivity index (χ2n) is 5.80. The zero-order valence-electron chi connectivity index (χ0n) is 12.9.